The predicted octanol–water partition coefficient (Wildman–Crippen LogP) is 0.369. The summed E-state index contributed by atoms with van der Waals surface area (Å²) in [6, 6.07) is -0.0410. The Labute approximate surface area is 124 Å². The molecule has 1 N–H and O–H groups in total. The highest BCUT2D eigenvalue weighted by Gasteiger charge is 2.30. The molecule has 1 amide bonds. The molecular weight excluding hydrogens is 272 g/mol. The smallest absolute Gasteiger partial charge is 0.222 e. The minimum absolute atomic E-state index is 0.000946. The van der Waals surface area contributed by atoms with E-state index in [0.29, 0.717) is 26.2 Å². The Morgan fingerprint density at radius 2 is 2.33 bits per heavy atom. The number of hydrogen-bond donors (Lipinski definition) is 1. The number of carbonyl (C=O) groups excluding carboxylic acids is 1. The van der Waals surface area contributed by atoms with Gasteiger partial charge in [-0.15, -0.1) is 0 Å². The van der Waals surface area contributed by atoms with Crippen LogP contribution in [-0.4, -0.2) is 52.6 Å². The average molecular weight is 294 g/mol. The highest BCUT2D eigenvalue weighted by Crippen LogP contribution is 2.30. The van der Waals surface area contributed by atoms with Gasteiger partial charge >= 0.3 is 0 Å². The number of ether oxygens (including phenoxy) is 2. The Morgan fingerprint density at radius 1 is 1.43 bits per heavy atom. The molecule has 0 aromatic carbocycles. The van der Waals surface area contributed by atoms with Gasteiger partial charge in [-0.2, -0.15) is 5.10 Å². The van der Waals surface area contributed by atoms with Crippen LogP contribution in [-0.2, 0) is 20.8 Å². The molecule has 0 unspecified atom stereocenters. The third kappa shape index (κ3) is 4.50. The van der Waals surface area contributed by atoms with Crippen molar-refractivity contribution in [1.29, 1.82) is 0 Å². The first-order chi connectivity index (χ1) is 10.3. The van der Waals surface area contributed by atoms with Gasteiger partial charge in [0.15, 0.2) is 0 Å². The van der Waals surface area contributed by atoms with Crippen LogP contribution in [0.2, 0.25) is 0 Å². The molecule has 7 nitrogen and oxygen atoms in total. The fourth-order valence-electron chi connectivity index (χ4n) is 2.44. The molecule has 2 atom stereocenters. The summed E-state index contributed by atoms with van der Waals surface area (Å²) in [5, 5.41) is 7.01. The lowest BCUT2D eigenvalue weighted by atomic mass is 10.1. The second-order valence-corrected chi connectivity index (χ2v) is 5.76. The predicted molar refractivity (Wildman–Crippen MR) is 74.5 cm³/mol. The summed E-state index contributed by atoms with van der Waals surface area (Å²) in [5.74, 6) is 0.734. The molecule has 0 bridgehead atoms. The van der Waals surface area contributed by atoms with Gasteiger partial charge in [0.1, 0.15) is 12.7 Å². The summed E-state index contributed by atoms with van der Waals surface area (Å²) < 4.78 is 13.1. The van der Waals surface area contributed by atoms with Crippen LogP contribution in [0, 0.1) is 5.92 Å². The lowest BCUT2D eigenvalue weighted by molar-refractivity contribution is -0.126. The number of aromatic nitrogens is 3. The molecule has 21 heavy (non-hydrogen) atoms. The lowest BCUT2D eigenvalue weighted by Gasteiger charge is -2.32. The highest BCUT2D eigenvalue weighted by molar-refractivity contribution is 5.76. The molecule has 1 saturated heterocycles. The zero-order valence-corrected chi connectivity index (χ0v) is 12.1. The number of nitrogens with one attached hydrogen (secondary N) is 1. The summed E-state index contributed by atoms with van der Waals surface area (Å²) in [6.45, 7) is 2.59. The van der Waals surface area contributed by atoms with Gasteiger partial charge in [-0.3, -0.25) is 9.48 Å². The van der Waals surface area contributed by atoms with E-state index in [1.807, 2.05) is 0 Å². The molecular formula is C14H22N4O3. The quantitative estimate of drug-likeness (QED) is 0.786. The van der Waals surface area contributed by atoms with Crippen LogP contribution in [0.4, 0.5) is 0 Å². The first-order valence-electron chi connectivity index (χ1n) is 7.62. The Morgan fingerprint density at radius 3 is 3.10 bits per heavy atom. The summed E-state index contributed by atoms with van der Waals surface area (Å²) in [5.41, 5.74) is 0. The van der Waals surface area contributed by atoms with E-state index in [1.54, 1.807) is 11.0 Å². The monoisotopic (exact) mass is 294 g/mol. The van der Waals surface area contributed by atoms with Gasteiger partial charge in [-0.25, -0.2) is 4.98 Å². The number of aryl methyl sites for hydroxylation is 1. The van der Waals surface area contributed by atoms with Crippen LogP contribution >= 0.6 is 0 Å². The average Bonchev–Trinajstić information content (AvgIpc) is 3.18. The molecule has 116 valence electrons. The molecule has 1 aliphatic heterocycles. The van der Waals surface area contributed by atoms with Crippen molar-refractivity contribution in [2.45, 2.75) is 44.4 Å². The van der Waals surface area contributed by atoms with Crippen LogP contribution in [0.15, 0.2) is 12.7 Å². The second-order valence-electron chi connectivity index (χ2n) is 5.76. The molecule has 1 aromatic heterocycles. The van der Waals surface area contributed by atoms with E-state index in [0.717, 1.165) is 18.9 Å². The maximum atomic E-state index is 12.0. The van der Waals surface area contributed by atoms with E-state index in [4.69, 9.17) is 9.47 Å². The van der Waals surface area contributed by atoms with Gasteiger partial charge in [-0.1, -0.05) is 0 Å². The van der Waals surface area contributed by atoms with Crippen LogP contribution in [0.3, 0.4) is 0 Å². The maximum absolute atomic E-state index is 12.0. The second kappa shape index (κ2) is 7.00. The number of rotatable bonds is 7. The van der Waals surface area contributed by atoms with Crippen LogP contribution < -0.4 is 5.32 Å². The SMILES string of the molecule is O=C(CCn1cncn1)N[C@@H]1COCC[C@@H]1OCC1CC1. The molecule has 1 aromatic rings. The fraction of sp³-hybridized carbons (Fsp3) is 0.786. The zero-order chi connectivity index (χ0) is 14.5. The van der Waals surface area contributed by atoms with Gasteiger partial charge in [0, 0.05) is 19.6 Å². The van der Waals surface area contributed by atoms with Gasteiger partial charge in [-0.05, 0) is 25.2 Å². The first-order valence-corrected chi connectivity index (χ1v) is 7.62. The van der Waals surface area contributed by atoms with Gasteiger partial charge in [0.25, 0.3) is 0 Å². The Balaban J connectivity index is 1.42. The minimum atomic E-state index is -0.0410. The van der Waals surface area contributed by atoms with Crippen LogP contribution in [0.25, 0.3) is 0 Å². The molecule has 2 aliphatic rings. The Kier molecular flexibility index (Phi) is 4.82. The minimum Gasteiger partial charge on any atom is -0.379 e. The third-order valence-electron chi connectivity index (χ3n) is 3.92. The van der Waals surface area contributed by atoms with E-state index >= 15 is 0 Å². The molecule has 0 radical (unpaired) electrons. The Hall–Kier alpha value is -1.47. The maximum Gasteiger partial charge on any atom is 0.222 e. The molecule has 2 heterocycles. The van der Waals surface area contributed by atoms with Crippen molar-refractivity contribution in [3.63, 3.8) is 0 Å². The molecule has 2 fully saturated rings. The number of nitrogens with zero attached hydrogens (tertiary/aromatic N) is 3. The molecule has 1 saturated carbocycles. The van der Waals surface area contributed by atoms with Gasteiger partial charge < -0.3 is 14.8 Å². The van der Waals surface area contributed by atoms with Crippen molar-refractivity contribution in [2.24, 2.45) is 5.92 Å². The standard InChI is InChI=1S/C14H22N4O3/c19-14(3-5-18-10-15-9-16-18)17-12-8-20-6-4-13(12)21-7-11-1-2-11/h9-13H,1-8H2,(H,17,19)/t12-,13+/m1/s1. The van der Waals surface area contributed by atoms with Crippen LogP contribution in [0.1, 0.15) is 25.7 Å². The van der Waals surface area contributed by atoms with Crippen molar-refractivity contribution < 1.29 is 14.3 Å². The summed E-state index contributed by atoms with van der Waals surface area (Å²) in [4.78, 5) is 15.9. The largest absolute Gasteiger partial charge is 0.379 e. The van der Waals surface area contributed by atoms with Crippen molar-refractivity contribution in [1.82, 2.24) is 20.1 Å². The number of hydrogen-bond acceptors (Lipinski definition) is 5. The van der Waals surface area contributed by atoms with Crippen molar-refractivity contribution in [2.75, 3.05) is 19.8 Å². The topological polar surface area (TPSA) is 78.3 Å². The summed E-state index contributed by atoms with van der Waals surface area (Å²) >= 11 is 0. The molecule has 3 rings (SSSR count). The normalized spacial score (nSPS) is 25.7. The van der Waals surface area contributed by atoms with Gasteiger partial charge in [0.05, 0.1) is 25.3 Å². The van der Waals surface area contributed by atoms with Crippen molar-refractivity contribution in [3.05, 3.63) is 12.7 Å². The van der Waals surface area contributed by atoms with E-state index in [9.17, 15) is 4.79 Å². The van der Waals surface area contributed by atoms with Crippen molar-refractivity contribution >= 4 is 5.91 Å². The first kappa shape index (κ1) is 14.5. The molecule has 7 heteroatoms. The van der Waals surface area contributed by atoms with E-state index in [-0.39, 0.29) is 18.1 Å². The van der Waals surface area contributed by atoms with Crippen molar-refractivity contribution in [3.8, 4) is 0 Å². The van der Waals surface area contributed by atoms with Gasteiger partial charge in [0.2, 0.25) is 5.91 Å². The number of carbonyl (C=O) groups is 1. The molecule has 1 aliphatic carbocycles. The number of amides is 1. The third-order valence-corrected chi connectivity index (χ3v) is 3.92. The van der Waals surface area contributed by atoms with E-state index in [2.05, 4.69) is 15.4 Å². The molecule has 0 spiro atoms. The van der Waals surface area contributed by atoms with E-state index in [1.165, 1.54) is 19.2 Å². The lowest BCUT2D eigenvalue weighted by Crippen LogP contribution is -2.50. The Bertz CT molecular complexity index is 447. The fourth-order valence-corrected chi connectivity index (χ4v) is 2.44. The summed E-state index contributed by atoms with van der Waals surface area (Å²) in [6.07, 6.45) is 6.94. The summed E-state index contributed by atoms with van der Waals surface area (Å²) in [7, 11) is 0. The zero-order valence-electron chi connectivity index (χ0n) is 12.1. The highest BCUT2D eigenvalue weighted by atomic mass is 16.5. The van der Waals surface area contributed by atoms with E-state index < -0.39 is 0 Å². The van der Waals surface area contributed by atoms with Crippen LogP contribution in [0.5, 0.6) is 0 Å².